The van der Waals surface area contributed by atoms with Gasteiger partial charge in [0.25, 0.3) is 0 Å². The maximum absolute atomic E-state index is 12.3. The number of carboxylic acid groups (broad SMARTS) is 1. The quantitative estimate of drug-likeness (QED) is 0.290. The predicted molar refractivity (Wildman–Crippen MR) is 115 cm³/mol. The molecule has 0 unspecified atom stereocenters. The van der Waals surface area contributed by atoms with Crippen molar-refractivity contribution in [3.8, 4) is 0 Å². The van der Waals surface area contributed by atoms with Crippen LogP contribution in [0.1, 0.15) is 25.8 Å². The zero-order valence-corrected chi connectivity index (χ0v) is 17.6. The van der Waals surface area contributed by atoms with Gasteiger partial charge in [-0.1, -0.05) is 38.5 Å². The van der Waals surface area contributed by atoms with Crippen molar-refractivity contribution in [3.63, 3.8) is 0 Å². The van der Waals surface area contributed by atoms with Crippen molar-refractivity contribution in [1.29, 1.82) is 0 Å². The third-order valence-electron chi connectivity index (χ3n) is 5.10. The Hall–Kier alpha value is -3.40. The minimum atomic E-state index is -1.18. The Kier molecular flexibility index (Phi) is 8.56. The Labute approximate surface area is 179 Å². The molecular weight excluding hydrogens is 402 g/mol. The van der Waals surface area contributed by atoms with Gasteiger partial charge < -0.3 is 31.8 Å². The van der Waals surface area contributed by atoms with Gasteiger partial charge in [-0.25, -0.2) is 0 Å². The monoisotopic (exact) mass is 431 g/mol. The lowest BCUT2D eigenvalue weighted by Crippen LogP contribution is -2.54. The maximum Gasteiger partial charge on any atom is 0.322 e. The standard InChI is InChI=1S/C21H29N5O5/c1-3-12(2)19(21(31)25-11-18(28)29)26-17(27)10-24-20(30)15(22)8-13-9-23-16-7-5-4-6-14(13)16/h4-7,9,12,15,19,23H,3,8,10-11,22H2,1-2H3,(H,24,30)(H,25,31)(H,26,27)(H,28,29)/t12-,15-,19-/m0/s1. The van der Waals surface area contributed by atoms with Gasteiger partial charge in [0, 0.05) is 17.1 Å². The van der Waals surface area contributed by atoms with Crippen molar-refractivity contribution < 1.29 is 24.3 Å². The molecule has 2 aromatic rings. The molecule has 1 aromatic carbocycles. The van der Waals surface area contributed by atoms with Crippen molar-refractivity contribution in [1.82, 2.24) is 20.9 Å². The molecule has 1 aromatic heterocycles. The van der Waals surface area contributed by atoms with Crippen molar-refractivity contribution >= 4 is 34.6 Å². The second-order valence-corrected chi connectivity index (χ2v) is 7.43. The lowest BCUT2D eigenvalue weighted by atomic mass is 9.98. The van der Waals surface area contributed by atoms with Crippen LogP contribution in [0.4, 0.5) is 0 Å². The number of aromatic amines is 1. The number of aliphatic carboxylic acids is 1. The number of amides is 3. The zero-order chi connectivity index (χ0) is 23.0. The van der Waals surface area contributed by atoms with E-state index in [4.69, 9.17) is 10.8 Å². The molecule has 0 bridgehead atoms. The topological polar surface area (TPSA) is 166 Å². The second-order valence-electron chi connectivity index (χ2n) is 7.43. The second kappa shape index (κ2) is 11.1. The molecule has 0 radical (unpaired) electrons. The van der Waals surface area contributed by atoms with E-state index in [9.17, 15) is 19.2 Å². The summed E-state index contributed by atoms with van der Waals surface area (Å²) in [6.45, 7) is 2.72. The van der Waals surface area contributed by atoms with Crippen molar-refractivity contribution in [2.24, 2.45) is 11.7 Å². The molecular formula is C21H29N5O5. The minimum Gasteiger partial charge on any atom is -0.480 e. The SMILES string of the molecule is CC[C@H](C)[C@H](NC(=O)CNC(=O)[C@@H](N)Cc1c[nH]c2ccccc12)C(=O)NCC(=O)O. The number of nitrogens with two attached hydrogens (primary N) is 1. The van der Waals surface area contributed by atoms with E-state index in [0.29, 0.717) is 12.8 Å². The fourth-order valence-electron chi connectivity index (χ4n) is 3.13. The van der Waals surface area contributed by atoms with Crippen LogP contribution in [0.15, 0.2) is 30.5 Å². The lowest BCUT2D eigenvalue weighted by Gasteiger charge is -2.23. The number of carboxylic acids is 1. The van der Waals surface area contributed by atoms with Crippen LogP contribution in [0.2, 0.25) is 0 Å². The van der Waals surface area contributed by atoms with Crippen LogP contribution < -0.4 is 21.7 Å². The van der Waals surface area contributed by atoms with Crippen LogP contribution in [0, 0.1) is 5.92 Å². The first-order chi connectivity index (χ1) is 14.7. The minimum absolute atomic E-state index is 0.224. The molecule has 7 N–H and O–H groups in total. The van der Waals surface area contributed by atoms with E-state index in [2.05, 4.69) is 20.9 Å². The van der Waals surface area contributed by atoms with Crippen LogP contribution in [-0.2, 0) is 25.6 Å². The van der Waals surface area contributed by atoms with E-state index in [0.717, 1.165) is 16.5 Å². The van der Waals surface area contributed by atoms with Gasteiger partial charge in [0.05, 0.1) is 12.6 Å². The van der Waals surface area contributed by atoms with E-state index in [1.165, 1.54) is 0 Å². The van der Waals surface area contributed by atoms with Gasteiger partial charge >= 0.3 is 5.97 Å². The molecule has 0 fully saturated rings. The molecule has 168 valence electrons. The summed E-state index contributed by atoms with van der Waals surface area (Å²) in [4.78, 5) is 50.6. The highest BCUT2D eigenvalue weighted by Crippen LogP contribution is 2.18. The first-order valence-electron chi connectivity index (χ1n) is 10.1. The number of H-pyrrole nitrogens is 1. The van der Waals surface area contributed by atoms with Crippen LogP contribution in [0.25, 0.3) is 10.9 Å². The fraction of sp³-hybridized carbons (Fsp3) is 0.429. The molecule has 3 atom stereocenters. The molecule has 0 spiro atoms. The number of hydrogen-bond acceptors (Lipinski definition) is 5. The summed E-state index contributed by atoms with van der Waals surface area (Å²) in [6, 6.07) is 5.90. The first kappa shape index (κ1) is 23.9. The first-order valence-corrected chi connectivity index (χ1v) is 10.1. The van der Waals surface area contributed by atoms with E-state index in [1.54, 1.807) is 13.1 Å². The van der Waals surface area contributed by atoms with Crippen LogP contribution >= 0.6 is 0 Å². The number of benzene rings is 1. The molecule has 0 saturated heterocycles. The molecule has 2 rings (SSSR count). The predicted octanol–water partition coefficient (Wildman–Crippen LogP) is -0.114. The normalized spacial score (nSPS) is 13.8. The summed E-state index contributed by atoms with van der Waals surface area (Å²) < 4.78 is 0. The molecule has 0 aliphatic rings. The summed E-state index contributed by atoms with van der Waals surface area (Å²) in [7, 11) is 0. The number of carbonyl (C=O) groups is 4. The maximum atomic E-state index is 12.3. The van der Waals surface area contributed by atoms with Gasteiger partial charge in [0.1, 0.15) is 12.6 Å². The molecule has 1 heterocycles. The summed E-state index contributed by atoms with van der Waals surface area (Å²) in [5.74, 6) is -3.05. The third kappa shape index (κ3) is 6.82. The fourth-order valence-corrected chi connectivity index (χ4v) is 3.13. The number of hydrogen-bond donors (Lipinski definition) is 6. The van der Waals surface area contributed by atoms with Gasteiger partial charge in [-0.05, 0) is 24.0 Å². The van der Waals surface area contributed by atoms with E-state index >= 15 is 0 Å². The summed E-state index contributed by atoms with van der Waals surface area (Å²) in [6.07, 6.45) is 2.69. The van der Waals surface area contributed by atoms with E-state index in [-0.39, 0.29) is 12.5 Å². The highest BCUT2D eigenvalue weighted by molar-refractivity contribution is 5.92. The van der Waals surface area contributed by atoms with Crippen LogP contribution in [0.5, 0.6) is 0 Å². The Bertz CT molecular complexity index is 941. The number of aromatic nitrogens is 1. The molecule has 10 heteroatoms. The number of carbonyl (C=O) groups excluding carboxylic acids is 3. The lowest BCUT2D eigenvalue weighted by molar-refractivity contribution is -0.138. The van der Waals surface area contributed by atoms with Gasteiger partial charge in [-0.15, -0.1) is 0 Å². The third-order valence-corrected chi connectivity index (χ3v) is 5.10. The Morgan fingerprint density at radius 3 is 2.45 bits per heavy atom. The average Bonchev–Trinajstić information content (AvgIpc) is 3.16. The largest absolute Gasteiger partial charge is 0.480 e. The van der Waals surface area contributed by atoms with Crippen LogP contribution in [-0.4, -0.2) is 59.0 Å². The van der Waals surface area contributed by atoms with E-state index in [1.807, 2.05) is 31.2 Å². The van der Waals surface area contributed by atoms with E-state index < -0.39 is 42.3 Å². The highest BCUT2D eigenvalue weighted by Gasteiger charge is 2.26. The number of fused-ring (bicyclic) bond motifs is 1. The molecule has 31 heavy (non-hydrogen) atoms. The van der Waals surface area contributed by atoms with Gasteiger partial charge in [0.15, 0.2) is 0 Å². The molecule has 10 nitrogen and oxygen atoms in total. The van der Waals surface area contributed by atoms with Gasteiger partial charge in [-0.2, -0.15) is 0 Å². The molecule has 0 aliphatic carbocycles. The number of para-hydroxylation sites is 1. The van der Waals surface area contributed by atoms with Crippen molar-refractivity contribution in [2.75, 3.05) is 13.1 Å². The van der Waals surface area contributed by atoms with Crippen molar-refractivity contribution in [2.45, 2.75) is 38.8 Å². The smallest absolute Gasteiger partial charge is 0.322 e. The highest BCUT2D eigenvalue weighted by atomic mass is 16.4. The average molecular weight is 431 g/mol. The molecule has 0 saturated carbocycles. The number of rotatable bonds is 11. The van der Waals surface area contributed by atoms with Crippen LogP contribution in [0.3, 0.4) is 0 Å². The zero-order valence-electron chi connectivity index (χ0n) is 17.6. The Balaban J connectivity index is 1.88. The van der Waals surface area contributed by atoms with Gasteiger partial charge in [-0.3, -0.25) is 19.2 Å². The van der Waals surface area contributed by atoms with Crippen molar-refractivity contribution in [3.05, 3.63) is 36.0 Å². The summed E-state index contributed by atoms with van der Waals surface area (Å²) in [5.41, 5.74) is 7.84. The molecule has 3 amide bonds. The summed E-state index contributed by atoms with van der Waals surface area (Å²) >= 11 is 0. The Morgan fingerprint density at radius 1 is 1.10 bits per heavy atom. The number of nitrogens with one attached hydrogen (secondary N) is 4. The Morgan fingerprint density at radius 2 is 1.77 bits per heavy atom. The molecule has 0 aliphatic heterocycles. The van der Waals surface area contributed by atoms with Gasteiger partial charge in [0.2, 0.25) is 17.7 Å². The summed E-state index contributed by atoms with van der Waals surface area (Å²) in [5, 5.41) is 17.0.